The lowest BCUT2D eigenvalue weighted by molar-refractivity contribution is -0.0766. The molecule has 0 bridgehead atoms. The molecule has 1 aliphatic carbocycles. The molecule has 4 nitrogen and oxygen atoms in total. The summed E-state index contributed by atoms with van der Waals surface area (Å²) in [6.07, 6.45) is 8.58. The van der Waals surface area contributed by atoms with E-state index in [1.807, 2.05) is 0 Å². The molecule has 4 heteroatoms. The number of rotatable bonds is 11. The van der Waals surface area contributed by atoms with Gasteiger partial charge in [-0.05, 0) is 19.3 Å². The highest BCUT2D eigenvalue weighted by molar-refractivity contribution is 4.86. The van der Waals surface area contributed by atoms with Gasteiger partial charge in [-0.15, -0.1) is 0 Å². The summed E-state index contributed by atoms with van der Waals surface area (Å²) in [6.45, 7) is 8.28. The zero-order valence-electron chi connectivity index (χ0n) is 14.3. The maximum atomic E-state index is 6.29. The summed E-state index contributed by atoms with van der Waals surface area (Å²) in [5, 5.41) is 3.57. The summed E-state index contributed by atoms with van der Waals surface area (Å²) >= 11 is 0. The summed E-state index contributed by atoms with van der Waals surface area (Å²) in [5.41, 5.74) is 0.0245. The van der Waals surface area contributed by atoms with Crippen molar-refractivity contribution >= 4 is 0 Å². The minimum Gasteiger partial charge on any atom is -0.385 e. The second-order valence-electron chi connectivity index (χ2n) is 6.44. The smallest absolute Gasteiger partial charge is 0.0807 e. The Hall–Kier alpha value is -0.160. The predicted molar refractivity (Wildman–Crippen MR) is 86.8 cm³/mol. The van der Waals surface area contributed by atoms with Gasteiger partial charge in [0.1, 0.15) is 0 Å². The molecule has 0 spiro atoms. The molecule has 1 fully saturated rings. The van der Waals surface area contributed by atoms with Crippen LogP contribution in [0.1, 0.15) is 58.8 Å². The standard InChI is InChI=1S/C17H35NO3/c1-16(2)18-15-17(9-6-4-5-7-10-17)21-14-13-20-12-8-11-19-3/h16,18H,4-15H2,1-3H3. The minimum absolute atomic E-state index is 0.0245. The van der Waals surface area contributed by atoms with E-state index in [4.69, 9.17) is 14.2 Å². The highest BCUT2D eigenvalue weighted by atomic mass is 16.5. The molecule has 0 aromatic heterocycles. The number of methoxy groups -OCH3 is 1. The second-order valence-corrected chi connectivity index (χ2v) is 6.44. The van der Waals surface area contributed by atoms with Gasteiger partial charge in [0.25, 0.3) is 0 Å². The quantitative estimate of drug-likeness (QED) is 0.470. The molecular formula is C17H35NO3. The minimum atomic E-state index is 0.0245. The maximum absolute atomic E-state index is 6.29. The van der Waals surface area contributed by atoms with Crippen LogP contribution in [0, 0.1) is 0 Å². The molecule has 1 aliphatic rings. The van der Waals surface area contributed by atoms with Gasteiger partial charge in [0.05, 0.1) is 18.8 Å². The number of hydrogen-bond donors (Lipinski definition) is 1. The molecule has 0 aliphatic heterocycles. The van der Waals surface area contributed by atoms with Crippen LogP contribution >= 0.6 is 0 Å². The van der Waals surface area contributed by atoms with Crippen molar-refractivity contribution in [2.45, 2.75) is 70.4 Å². The largest absolute Gasteiger partial charge is 0.385 e. The van der Waals surface area contributed by atoms with Gasteiger partial charge in [0.15, 0.2) is 0 Å². The Labute approximate surface area is 130 Å². The average molecular weight is 301 g/mol. The van der Waals surface area contributed by atoms with E-state index in [2.05, 4.69) is 19.2 Å². The van der Waals surface area contributed by atoms with E-state index in [-0.39, 0.29) is 5.60 Å². The first-order chi connectivity index (χ1) is 10.2. The lowest BCUT2D eigenvalue weighted by atomic mass is 9.93. The third-order valence-corrected chi connectivity index (χ3v) is 4.12. The molecule has 1 saturated carbocycles. The molecule has 21 heavy (non-hydrogen) atoms. The fraction of sp³-hybridized carbons (Fsp3) is 1.00. The van der Waals surface area contributed by atoms with Crippen LogP contribution in [0.3, 0.4) is 0 Å². The summed E-state index contributed by atoms with van der Waals surface area (Å²) in [6, 6.07) is 0.513. The number of nitrogens with one attached hydrogen (secondary N) is 1. The third kappa shape index (κ3) is 8.77. The van der Waals surface area contributed by atoms with Crippen LogP contribution in [-0.2, 0) is 14.2 Å². The SMILES string of the molecule is COCCCOCCOC1(CNC(C)C)CCCCCC1. The van der Waals surface area contributed by atoms with Gasteiger partial charge in [0.2, 0.25) is 0 Å². The lowest BCUT2D eigenvalue weighted by Gasteiger charge is -2.34. The van der Waals surface area contributed by atoms with E-state index in [9.17, 15) is 0 Å². The maximum Gasteiger partial charge on any atom is 0.0807 e. The highest BCUT2D eigenvalue weighted by Crippen LogP contribution is 2.30. The average Bonchev–Trinajstić information content (AvgIpc) is 2.71. The number of ether oxygens (including phenoxy) is 3. The Bertz CT molecular complexity index is 238. The first-order valence-electron chi connectivity index (χ1n) is 8.62. The molecule has 1 rings (SSSR count). The predicted octanol–water partition coefficient (Wildman–Crippen LogP) is 3.15. The summed E-state index contributed by atoms with van der Waals surface area (Å²) in [7, 11) is 1.72. The van der Waals surface area contributed by atoms with E-state index in [1.54, 1.807) is 7.11 Å². The number of hydrogen-bond acceptors (Lipinski definition) is 4. The van der Waals surface area contributed by atoms with Crippen LogP contribution in [0.5, 0.6) is 0 Å². The molecular weight excluding hydrogens is 266 g/mol. The molecule has 0 heterocycles. The topological polar surface area (TPSA) is 39.7 Å². The van der Waals surface area contributed by atoms with E-state index in [1.165, 1.54) is 38.5 Å². The van der Waals surface area contributed by atoms with Gasteiger partial charge in [-0.25, -0.2) is 0 Å². The zero-order chi connectivity index (χ0) is 15.4. The highest BCUT2D eigenvalue weighted by Gasteiger charge is 2.31. The molecule has 0 aromatic carbocycles. The first kappa shape index (κ1) is 18.9. The van der Waals surface area contributed by atoms with Crippen LogP contribution in [-0.4, -0.2) is 51.7 Å². The van der Waals surface area contributed by atoms with Crippen LogP contribution in [0.2, 0.25) is 0 Å². The fourth-order valence-corrected chi connectivity index (χ4v) is 2.86. The van der Waals surface area contributed by atoms with Crippen LogP contribution in [0.4, 0.5) is 0 Å². The molecule has 0 aromatic rings. The van der Waals surface area contributed by atoms with Gasteiger partial charge in [-0.2, -0.15) is 0 Å². The molecule has 0 unspecified atom stereocenters. The van der Waals surface area contributed by atoms with E-state index in [0.29, 0.717) is 19.3 Å². The van der Waals surface area contributed by atoms with Gasteiger partial charge in [0, 0.05) is 32.9 Å². The van der Waals surface area contributed by atoms with Gasteiger partial charge >= 0.3 is 0 Å². The van der Waals surface area contributed by atoms with Crippen molar-refractivity contribution in [2.24, 2.45) is 0 Å². The van der Waals surface area contributed by atoms with E-state index in [0.717, 1.165) is 26.2 Å². The van der Waals surface area contributed by atoms with Crippen LogP contribution < -0.4 is 5.32 Å². The van der Waals surface area contributed by atoms with Gasteiger partial charge in [-0.3, -0.25) is 0 Å². The van der Waals surface area contributed by atoms with Crippen LogP contribution in [0.15, 0.2) is 0 Å². The third-order valence-electron chi connectivity index (χ3n) is 4.12. The molecule has 1 N–H and O–H groups in total. The first-order valence-corrected chi connectivity index (χ1v) is 8.62. The van der Waals surface area contributed by atoms with Crippen molar-refractivity contribution in [1.82, 2.24) is 5.32 Å². The van der Waals surface area contributed by atoms with Crippen molar-refractivity contribution in [3.63, 3.8) is 0 Å². The molecule has 0 saturated heterocycles. The molecule has 0 atom stereocenters. The Morgan fingerprint density at radius 3 is 2.29 bits per heavy atom. The Kier molecular flexibility index (Phi) is 10.3. The normalized spacial score (nSPS) is 18.9. The Morgan fingerprint density at radius 2 is 1.67 bits per heavy atom. The zero-order valence-corrected chi connectivity index (χ0v) is 14.3. The van der Waals surface area contributed by atoms with Gasteiger partial charge < -0.3 is 19.5 Å². The van der Waals surface area contributed by atoms with Crippen molar-refractivity contribution in [1.29, 1.82) is 0 Å². The summed E-state index contributed by atoms with van der Waals surface area (Å²) < 4.78 is 16.9. The van der Waals surface area contributed by atoms with Crippen molar-refractivity contribution in [2.75, 3.05) is 40.1 Å². The lowest BCUT2D eigenvalue weighted by Crippen LogP contribution is -2.45. The monoisotopic (exact) mass is 301 g/mol. The van der Waals surface area contributed by atoms with E-state index >= 15 is 0 Å². The molecule has 126 valence electrons. The summed E-state index contributed by atoms with van der Waals surface area (Å²) in [4.78, 5) is 0. The molecule has 0 amide bonds. The fourth-order valence-electron chi connectivity index (χ4n) is 2.86. The van der Waals surface area contributed by atoms with Crippen molar-refractivity contribution in [3.05, 3.63) is 0 Å². The van der Waals surface area contributed by atoms with E-state index < -0.39 is 0 Å². The van der Waals surface area contributed by atoms with Gasteiger partial charge in [-0.1, -0.05) is 39.5 Å². The van der Waals surface area contributed by atoms with Crippen LogP contribution in [0.25, 0.3) is 0 Å². The second kappa shape index (κ2) is 11.4. The van der Waals surface area contributed by atoms with Crippen molar-refractivity contribution < 1.29 is 14.2 Å². The summed E-state index contributed by atoms with van der Waals surface area (Å²) in [5.74, 6) is 0. The van der Waals surface area contributed by atoms with Crippen molar-refractivity contribution in [3.8, 4) is 0 Å². The molecule has 0 radical (unpaired) electrons. The Balaban J connectivity index is 2.27. The Morgan fingerprint density at radius 1 is 0.952 bits per heavy atom.